The van der Waals surface area contributed by atoms with Crippen LogP contribution >= 0.6 is 11.6 Å². The minimum absolute atomic E-state index is 0.104. The fraction of sp³-hybridized carbons (Fsp3) is 0.133. The third kappa shape index (κ3) is 3.78. The second-order valence-corrected chi connectivity index (χ2v) is 6.42. The van der Waals surface area contributed by atoms with Crippen LogP contribution in [0.4, 0.5) is 5.69 Å². The summed E-state index contributed by atoms with van der Waals surface area (Å²) in [4.78, 5) is 11.8. The van der Waals surface area contributed by atoms with Crippen molar-refractivity contribution in [1.82, 2.24) is 0 Å². The summed E-state index contributed by atoms with van der Waals surface area (Å²) in [7, 11) is -3.78. The summed E-state index contributed by atoms with van der Waals surface area (Å²) in [6.07, 6.45) is 0. The molecule has 0 fully saturated rings. The average Bonchev–Trinajstić information content (AvgIpc) is 2.50. The molecule has 116 valence electrons. The quantitative estimate of drug-likeness (QED) is 0.848. The molecule has 0 bridgehead atoms. The molecular weight excluding hydrogens is 326 g/mol. The van der Waals surface area contributed by atoms with Gasteiger partial charge >= 0.3 is 5.97 Å². The number of hydrogen-bond donors (Lipinski definition) is 1. The molecule has 5 nitrogen and oxygen atoms in total. The summed E-state index contributed by atoms with van der Waals surface area (Å²) in [5.74, 6) is -0.542. The Balaban J connectivity index is 2.33. The van der Waals surface area contributed by atoms with E-state index in [1.807, 2.05) is 0 Å². The van der Waals surface area contributed by atoms with Crippen LogP contribution in [0.1, 0.15) is 17.3 Å². The van der Waals surface area contributed by atoms with E-state index in [1.54, 1.807) is 25.1 Å². The molecule has 0 aliphatic rings. The third-order valence-corrected chi connectivity index (χ3v) is 4.49. The Bertz CT molecular complexity index is 775. The zero-order chi connectivity index (χ0) is 16.2. The lowest BCUT2D eigenvalue weighted by Crippen LogP contribution is -2.14. The number of ether oxygens (including phenoxy) is 1. The summed E-state index contributed by atoms with van der Waals surface area (Å²) in [5, 5.41) is 0.188. The first kappa shape index (κ1) is 16.3. The van der Waals surface area contributed by atoms with Crippen molar-refractivity contribution in [2.24, 2.45) is 0 Å². The summed E-state index contributed by atoms with van der Waals surface area (Å²) in [6, 6.07) is 12.1. The largest absolute Gasteiger partial charge is 0.462 e. The highest BCUT2D eigenvalue weighted by atomic mass is 35.5. The van der Waals surface area contributed by atoms with E-state index in [2.05, 4.69) is 4.72 Å². The van der Waals surface area contributed by atoms with E-state index in [4.69, 9.17) is 16.3 Å². The maximum atomic E-state index is 12.3. The lowest BCUT2D eigenvalue weighted by atomic mass is 10.2. The predicted molar refractivity (Wildman–Crippen MR) is 84.7 cm³/mol. The van der Waals surface area contributed by atoms with Gasteiger partial charge in [-0.2, -0.15) is 0 Å². The molecule has 0 aromatic heterocycles. The lowest BCUT2D eigenvalue weighted by Gasteiger charge is -2.11. The second kappa shape index (κ2) is 6.81. The molecule has 2 aromatic carbocycles. The summed E-state index contributed by atoms with van der Waals surface area (Å²) in [5.41, 5.74) is 0.341. The van der Waals surface area contributed by atoms with Gasteiger partial charge in [0.2, 0.25) is 0 Å². The van der Waals surface area contributed by atoms with E-state index < -0.39 is 16.0 Å². The van der Waals surface area contributed by atoms with Gasteiger partial charge in [0.25, 0.3) is 10.0 Å². The molecule has 2 rings (SSSR count). The van der Waals surface area contributed by atoms with E-state index >= 15 is 0 Å². The van der Waals surface area contributed by atoms with Gasteiger partial charge < -0.3 is 4.74 Å². The van der Waals surface area contributed by atoms with Gasteiger partial charge in [0.15, 0.2) is 0 Å². The smallest absolute Gasteiger partial charge is 0.338 e. The minimum Gasteiger partial charge on any atom is -0.462 e. The second-order valence-electron chi connectivity index (χ2n) is 4.33. The van der Waals surface area contributed by atoms with E-state index in [9.17, 15) is 13.2 Å². The van der Waals surface area contributed by atoms with Gasteiger partial charge in [-0.3, -0.25) is 4.72 Å². The maximum absolute atomic E-state index is 12.3. The van der Waals surface area contributed by atoms with Crippen LogP contribution in [0.25, 0.3) is 0 Å². The topological polar surface area (TPSA) is 72.5 Å². The molecule has 7 heteroatoms. The van der Waals surface area contributed by atoms with Gasteiger partial charge in [-0.1, -0.05) is 29.8 Å². The Labute approximate surface area is 133 Å². The van der Waals surface area contributed by atoms with Crippen molar-refractivity contribution in [3.8, 4) is 0 Å². The molecular formula is C15H14ClNO4S. The molecule has 0 aliphatic carbocycles. The van der Waals surface area contributed by atoms with Crippen molar-refractivity contribution in [1.29, 1.82) is 0 Å². The summed E-state index contributed by atoms with van der Waals surface area (Å²) >= 11 is 5.99. The van der Waals surface area contributed by atoms with Crippen LogP contribution < -0.4 is 4.72 Å². The van der Waals surface area contributed by atoms with Gasteiger partial charge in [0, 0.05) is 0 Å². The molecule has 0 atom stereocenters. The van der Waals surface area contributed by atoms with Crippen molar-refractivity contribution < 1.29 is 17.9 Å². The van der Waals surface area contributed by atoms with Crippen LogP contribution in [-0.4, -0.2) is 21.0 Å². The van der Waals surface area contributed by atoms with Crippen LogP contribution in [0, 0.1) is 0 Å². The summed E-state index contributed by atoms with van der Waals surface area (Å²) in [6.45, 7) is 1.92. The Hall–Kier alpha value is -2.05. The zero-order valence-corrected chi connectivity index (χ0v) is 13.3. The van der Waals surface area contributed by atoms with Gasteiger partial charge in [-0.15, -0.1) is 0 Å². The predicted octanol–water partition coefficient (Wildman–Crippen LogP) is 3.32. The van der Waals surface area contributed by atoms with Gasteiger partial charge in [0.1, 0.15) is 0 Å². The van der Waals surface area contributed by atoms with Gasteiger partial charge in [0.05, 0.1) is 27.8 Å². The van der Waals surface area contributed by atoms with E-state index in [-0.39, 0.29) is 27.8 Å². The first-order chi connectivity index (χ1) is 10.4. The molecule has 22 heavy (non-hydrogen) atoms. The normalized spacial score (nSPS) is 11.0. The number of hydrogen-bond acceptors (Lipinski definition) is 4. The molecule has 0 amide bonds. The molecule has 0 radical (unpaired) electrons. The first-order valence-corrected chi connectivity index (χ1v) is 8.34. The van der Waals surface area contributed by atoms with Crippen LogP contribution in [0.15, 0.2) is 53.4 Å². The number of carbonyl (C=O) groups is 1. The van der Waals surface area contributed by atoms with Crippen LogP contribution in [0.2, 0.25) is 5.02 Å². The average molecular weight is 340 g/mol. The maximum Gasteiger partial charge on any atom is 0.338 e. The van der Waals surface area contributed by atoms with Crippen LogP contribution in [-0.2, 0) is 14.8 Å². The number of carbonyl (C=O) groups excluding carboxylic acids is 1. The zero-order valence-electron chi connectivity index (χ0n) is 11.7. The Morgan fingerprint density at radius 1 is 1.18 bits per heavy atom. The van der Waals surface area contributed by atoms with Crippen molar-refractivity contribution >= 4 is 33.3 Å². The third-order valence-electron chi connectivity index (χ3n) is 2.78. The highest BCUT2D eigenvalue weighted by molar-refractivity contribution is 7.92. The van der Waals surface area contributed by atoms with Crippen LogP contribution in [0.5, 0.6) is 0 Å². The van der Waals surface area contributed by atoms with Crippen molar-refractivity contribution in [2.45, 2.75) is 11.8 Å². The minimum atomic E-state index is -3.78. The number of halogens is 1. The lowest BCUT2D eigenvalue weighted by molar-refractivity contribution is 0.0526. The molecule has 1 N–H and O–H groups in total. The van der Waals surface area contributed by atoms with E-state index in [0.717, 1.165) is 0 Å². The number of anilines is 1. The number of esters is 1. The highest BCUT2D eigenvalue weighted by Gasteiger charge is 2.17. The SMILES string of the molecule is CCOC(=O)c1ccc(Cl)c(NS(=O)(=O)c2ccccc2)c1. The van der Waals surface area contributed by atoms with Crippen LogP contribution in [0.3, 0.4) is 0 Å². The fourth-order valence-electron chi connectivity index (χ4n) is 1.75. The number of rotatable bonds is 5. The van der Waals surface area contributed by atoms with E-state index in [0.29, 0.717) is 0 Å². The molecule has 0 saturated heterocycles. The number of benzene rings is 2. The molecule has 2 aromatic rings. The van der Waals surface area contributed by atoms with Crippen molar-refractivity contribution in [2.75, 3.05) is 11.3 Å². The molecule has 0 heterocycles. The summed E-state index contributed by atoms with van der Waals surface area (Å²) < 4.78 is 31.8. The standard InChI is InChI=1S/C15H14ClNO4S/c1-2-21-15(18)11-8-9-13(16)14(10-11)17-22(19,20)12-6-4-3-5-7-12/h3-10,17H,2H2,1H3. The molecule has 0 spiro atoms. The van der Waals surface area contributed by atoms with Gasteiger partial charge in [-0.25, -0.2) is 13.2 Å². The Kier molecular flexibility index (Phi) is 5.05. The highest BCUT2D eigenvalue weighted by Crippen LogP contribution is 2.26. The number of sulfonamides is 1. The Morgan fingerprint density at radius 3 is 2.50 bits per heavy atom. The molecule has 0 saturated carbocycles. The molecule has 0 aliphatic heterocycles. The Morgan fingerprint density at radius 2 is 1.86 bits per heavy atom. The monoisotopic (exact) mass is 339 g/mol. The van der Waals surface area contributed by atoms with Crippen molar-refractivity contribution in [3.05, 3.63) is 59.1 Å². The van der Waals surface area contributed by atoms with E-state index in [1.165, 1.54) is 30.3 Å². The van der Waals surface area contributed by atoms with Crippen molar-refractivity contribution in [3.63, 3.8) is 0 Å². The molecule has 0 unspecified atom stereocenters. The number of nitrogens with one attached hydrogen (secondary N) is 1. The fourth-order valence-corrected chi connectivity index (χ4v) is 3.06. The first-order valence-electron chi connectivity index (χ1n) is 6.48. The van der Waals surface area contributed by atoms with Gasteiger partial charge in [-0.05, 0) is 37.3 Å².